The highest BCUT2D eigenvalue weighted by molar-refractivity contribution is 8.14. The summed E-state index contributed by atoms with van der Waals surface area (Å²) in [5.41, 5.74) is 4.37. The molecule has 0 fully saturated rings. The summed E-state index contributed by atoms with van der Waals surface area (Å²) in [4.78, 5) is 25.3. The van der Waals surface area contributed by atoms with E-state index in [0.717, 1.165) is 44.0 Å². The summed E-state index contributed by atoms with van der Waals surface area (Å²) in [6.07, 6.45) is 3.98. The molecule has 0 aliphatic heterocycles. The summed E-state index contributed by atoms with van der Waals surface area (Å²) in [7, 11) is 0. The van der Waals surface area contributed by atoms with E-state index < -0.39 is 0 Å². The van der Waals surface area contributed by atoms with Gasteiger partial charge in [0.05, 0.1) is 0 Å². The van der Waals surface area contributed by atoms with Gasteiger partial charge in [-0.25, -0.2) is 0 Å². The summed E-state index contributed by atoms with van der Waals surface area (Å²) in [6.45, 7) is 11.2. The van der Waals surface area contributed by atoms with Crippen LogP contribution in [0, 0.1) is 0 Å². The molecule has 0 aliphatic rings. The van der Waals surface area contributed by atoms with Crippen LogP contribution in [0.4, 0.5) is 0 Å². The van der Waals surface area contributed by atoms with Gasteiger partial charge in [-0.15, -0.1) is 0 Å². The molecular weight excluding hydrogens is 460 g/mol. The predicted octanol–water partition coefficient (Wildman–Crippen LogP) is 7.84. The molecule has 0 aliphatic carbocycles. The highest BCUT2D eigenvalue weighted by Gasteiger charge is 2.06. The molecule has 3 aromatic carbocycles. The monoisotopic (exact) mass is 486 g/mol. The van der Waals surface area contributed by atoms with Gasteiger partial charge in [-0.1, -0.05) is 55.6 Å². The van der Waals surface area contributed by atoms with Gasteiger partial charge in [0.25, 0.3) is 0 Å². The van der Waals surface area contributed by atoms with E-state index in [-0.39, 0.29) is 10.2 Å². The second kappa shape index (κ2) is 12.3. The first kappa shape index (κ1) is 25.3. The lowest BCUT2D eigenvalue weighted by Crippen LogP contribution is -1.94. The summed E-state index contributed by atoms with van der Waals surface area (Å²) in [6, 6.07) is 23.7. The normalized spacial score (nSPS) is 10.8. The van der Waals surface area contributed by atoms with Gasteiger partial charge in [0, 0.05) is 9.79 Å². The third-order valence-electron chi connectivity index (χ3n) is 4.70. The fourth-order valence-electron chi connectivity index (χ4n) is 2.82. The van der Waals surface area contributed by atoms with Crippen molar-refractivity contribution in [3.05, 3.63) is 109 Å². The largest absolute Gasteiger partial charge is 0.490 e. The molecule has 3 nitrogen and oxygen atoms in total. The van der Waals surface area contributed by atoms with Gasteiger partial charge < -0.3 is 4.74 Å². The number of carbonyl (C=O) groups excluding carboxylic acids is 2. The van der Waals surface area contributed by atoms with Crippen LogP contribution in [0.25, 0.3) is 17.2 Å². The lowest BCUT2D eigenvalue weighted by Gasteiger charge is -2.06. The van der Waals surface area contributed by atoms with Crippen molar-refractivity contribution < 1.29 is 14.3 Å². The van der Waals surface area contributed by atoms with Crippen LogP contribution >= 0.6 is 23.5 Å². The molecular formula is C29H26O3S2. The average Bonchev–Trinajstić information content (AvgIpc) is 2.83. The minimum absolute atomic E-state index is 0.0148. The molecule has 0 saturated carbocycles. The van der Waals surface area contributed by atoms with Gasteiger partial charge in [-0.3, -0.25) is 9.59 Å². The summed E-state index contributed by atoms with van der Waals surface area (Å²) in [5, 5.41) is -0.0484. The van der Waals surface area contributed by atoms with Crippen molar-refractivity contribution in [2.24, 2.45) is 0 Å². The van der Waals surface area contributed by atoms with Crippen LogP contribution in [0.15, 0.2) is 113 Å². The third kappa shape index (κ3) is 7.65. The number of rotatable bonds is 9. The Hall–Kier alpha value is -3.28. The highest BCUT2D eigenvalue weighted by Crippen LogP contribution is 2.27. The SMILES string of the molecule is C=C(C)C(=O)Sc1ccc(OCC=Cc2ccc(-c3ccc(SC(=O)C(=C)C)cc3)cc2)cc1. The van der Waals surface area contributed by atoms with Crippen LogP contribution in [0.3, 0.4) is 0 Å². The molecule has 5 heteroatoms. The smallest absolute Gasteiger partial charge is 0.219 e. The molecule has 0 bridgehead atoms. The number of carbonyl (C=O) groups is 2. The van der Waals surface area contributed by atoms with Crippen molar-refractivity contribution >= 4 is 39.8 Å². The van der Waals surface area contributed by atoms with E-state index in [1.54, 1.807) is 13.8 Å². The first-order chi connectivity index (χ1) is 16.3. The third-order valence-corrected chi connectivity index (χ3v) is 6.78. The lowest BCUT2D eigenvalue weighted by atomic mass is 10.0. The number of ether oxygens (including phenoxy) is 1. The predicted molar refractivity (Wildman–Crippen MR) is 144 cm³/mol. The molecule has 0 unspecified atom stereocenters. The number of benzene rings is 3. The van der Waals surface area contributed by atoms with E-state index in [4.69, 9.17) is 4.74 Å². The first-order valence-electron chi connectivity index (χ1n) is 10.7. The lowest BCUT2D eigenvalue weighted by molar-refractivity contribution is -0.108. The maximum Gasteiger partial charge on any atom is 0.219 e. The van der Waals surface area contributed by atoms with Gasteiger partial charge in [0.2, 0.25) is 10.2 Å². The molecule has 0 N–H and O–H groups in total. The van der Waals surface area contributed by atoms with Crippen molar-refractivity contribution in [3.8, 4) is 16.9 Å². The van der Waals surface area contributed by atoms with E-state index in [1.165, 1.54) is 11.8 Å². The van der Waals surface area contributed by atoms with E-state index in [1.807, 2.05) is 60.7 Å². The highest BCUT2D eigenvalue weighted by atomic mass is 32.2. The number of hydrogen-bond acceptors (Lipinski definition) is 5. The molecule has 0 atom stereocenters. The number of thioether (sulfide) groups is 2. The molecule has 0 amide bonds. The Bertz CT molecular complexity index is 1210. The summed E-state index contributed by atoms with van der Waals surface area (Å²) < 4.78 is 5.75. The molecule has 34 heavy (non-hydrogen) atoms. The molecule has 0 heterocycles. The molecule has 3 rings (SSSR count). The van der Waals surface area contributed by atoms with Gasteiger partial charge in [0.15, 0.2) is 0 Å². The maximum atomic E-state index is 11.8. The van der Waals surface area contributed by atoms with Crippen LogP contribution in [-0.2, 0) is 9.59 Å². The zero-order chi connectivity index (χ0) is 24.5. The van der Waals surface area contributed by atoms with Gasteiger partial charge in [-0.05, 0) is 108 Å². The Balaban J connectivity index is 1.50. The molecule has 0 saturated heterocycles. The van der Waals surface area contributed by atoms with Crippen molar-refractivity contribution in [2.75, 3.05) is 6.61 Å². The topological polar surface area (TPSA) is 43.4 Å². The quantitative estimate of drug-likeness (QED) is 0.228. The summed E-state index contributed by atoms with van der Waals surface area (Å²) in [5.74, 6) is 0.749. The van der Waals surface area contributed by atoms with Crippen molar-refractivity contribution in [1.82, 2.24) is 0 Å². The van der Waals surface area contributed by atoms with Crippen molar-refractivity contribution in [2.45, 2.75) is 23.6 Å². The minimum atomic E-state index is -0.0336. The fraction of sp³-hybridized carbons (Fsp3) is 0.103. The molecule has 3 aromatic rings. The number of hydrogen-bond donors (Lipinski definition) is 0. The Labute approximate surface area is 209 Å². The van der Waals surface area contributed by atoms with E-state index >= 15 is 0 Å². The molecule has 0 aromatic heterocycles. The second-order valence-electron chi connectivity index (χ2n) is 7.67. The first-order valence-corrected chi connectivity index (χ1v) is 12.3. The van der Waals surface area contributed by atoms with Crippen LogP contribution in [0.5, 0.6) is 5.75 Å². The maximum absolute atomic E-state index is 11.8. The summed E-state index contributed by atoms with van der Waals surface area (Å²) >= 11 is 2.36. The van der Waals surface area contributed by atoms with E-state index in [0.29, 0.717) is 17.8 Å². The molecule has 0 spiro atoms. The van der Waals surface area contributed by atoms with Crippen molar-refractivity contribution in [3.63, 3.8) is 0 Å². The van der Waals surface area contributed by atoms with Crippen LogP contribution in [-0.4, -0.2) is 16.8 Å². The van der Waals surface area contributed by atoms with Gasteiger partial charge in [-0.2, -0.15) is 0 Å². The molecule has 0 radical (unpaired) electrons. The zero-order valence-corrected chi connectivity index (χ0v) is 20.9. The van der Waals surface area contributed by atoms with E-state index in [9.17, 15) is 9.59 Å². The minimum Gasteiger partial charge on any atom is -0.490 e. The molecule has 172 valence electrons. The van der Waals surface area contributed by atoms with Crippen LogP contribution in [0.2, 0.25) is 0 Å². The fourth-order valence-corrected chi connectivity index (χ4v) is 4.14. The van der Waals surface area contributed by atoms with Crippen LogP contribution < -0.4 is 4.74 Å². The Morgan fingerprint density at radius 1 is 0.735 bits per heavy atom. The zero-order valence-electron chi connectivity index (χ0n) is 19.2. The Morgan fingerprint density at radius 2 is 1.18 bits per heavy atom. The standard InChI is InChI=1S/C29H26O3S2/c1-20(2)28(30)33-26-15-11-24(12-16-26)23-9-7-22(8-10-23)6-5-19-32-25-13-17-27(18-14-25)34-29(31)21(3)4/h5-18H,1,3,19H2,2,4H3. The Kier molecular flexibility index (Phi) is 9.14. The Morgan fingerprint density at radius 3 is 1.65 bits per heavy atom. The average molecular weight is 487 g/mol. The second-order valence-corrected chi connectivity index (χ2v) is 9.76. The van der Waals surface area contributed by atoms with Crippen LogP contribution in [0.1, 0.15) is 19.4 Å². The van der Waals surface area contributed by atoms with Gasteiger partial charge in [0.1, 0.15) is 12.4 Å². The van der Waals surface area contributed by atoms with Gasteiger partial charge >= 0.3 is 0 Å². The van der Waals surface area contributed by atoms with E-state index in [2.05, 4.69) is 37.4 Å². The van der Waals surface area contributed by atoms with Crippen molar-refractivity contribution in [1.29, 1.82) is 0 Å².